The number of hydrogen-bond donors (Lipinski definition) is 1. The fourth-order valence-electron chi connectivity index (χ4n) is 4.16. The van der Waals surface area contributed by atoms with E-state index in [1.54, 1.807) is 35.7 Å². The summed E-state index contributed by atoms with van der Waals surface area (Å²) < 4.78 is 5.43. The van der Waals surface area contributed by atoms with Crippen molar-refractivity contribution in [2.45, 2.75) is 13.3 Å². The lowest BCUT2D eigenvalue weighted by Gasteiger charge is -2.20. The van der Waals surface area contributed by atoms with Crippen molar-refractivity contribution in [2.75, 3.05) is 23.9 Å². The molecule has 1 aliphatic heterocycles. The molecule has 2 aromatic heterocycles. The number of aromatic nitrogens is 2. The van der Waals surface area contributed by atoms with Crippen LogP contribution in [0.3, 0.4) is 0 Å². The lowest BCUT2D eigenvalue weighted by atomic mass is 10.1. The third kappa shape index (κ3) is 4.79. The highest BCUT2D eigenvalue weighted by Crippen LogP contribution is 2.34. The lowest BCUT2D eigenvalue weighted by Crippen LogP contribution is -2.28. The van der Waals surface area contributed by atoms with Crippen LogP contribution in [-0.4, -0.2) is 35.4 Å². The first kappa shape index (κ1) is 22.7. The van der Waals surface area contributed by atoms with Crippen molar-refractivity contribution >= 4 is 34.5 Å². The van der Waals surface area contributed by atoms with Gasteiger partial charge in [0.1, 0.15) is 10.8 Å². The minimum absolute atomic E-state index is 0.0896. The second kappa shape index (κ2) is 9.68. The number of carbonyl (C=O) groups excluding carboxylic acids is 2. The van der Waals surface area contributed by atoms with E-state index < -0.39 is 5.92 Å². The molecule has 1 aliphatic rings. The molecule has 0 aliphatic carbocycles. The summed E-state index contributed by atoms with van der Waals surface area (Å²) in [5.74, 6) is -0.105. The molecule has 0 spiro atoms. The van der Waals surface area contributed by atoms with Crippen molar-refractivity contribution in [2.24, 2.45) is 5.92 Å². The minimum atomic E-state index is -0.451. The van der Waals surface area contributed by atoms with E-state index in [0.717, 1.165) is 27.4 Å². The van der Waals surface area contributed by atoms with Crippen molar-refractivity contribution in [1.82, 2.24) is 9.97 Å². The first-order valence-electron chi connectivity index (χ1n) is 11.2. The molecule has 0 radical (unpaired) electrons. The van der Waals surface area contributed by atoms with Gasteiger partial charge in [-0.15, -0.1) is 11.3 Å². The topological polar surface area (TPSA) is 84.4 Å². The number of nitrogens with one attached hydrogen (secondary N) is 1. The average Bonchev–Trinajstić information content (AvgIpc) is 3.52. The van der Waals surface area contributed by atoms with Gasteiger partial charge in [-0.2, -0.15) is 0 Å². The van der Waals surface area contributed by atoms with Gasteiger partial charge in [0.05, 0.1) is 24.4 Å². The smallest absolute Gasteiger partial charge is 0.229 e. The maximum absolute atomic E-state index is 13.1. The molecule has 1 fully saturated rings. The normalized spacial score (nSPS) is 15.3. The van der Waals surface area contributed by atoms with Gasteiger partial charge in [0.2, 0.25) is 11.8 Å². The molecule has 4 aromatic rings. The monoisotopic (exact) mass is 484 g/mol. The predicted octanol–water partition coefficient (Wildman–Crippen LogP) is 5.18. The molecule has 1 saturated heterocycles. The number of methoxy groups -OCH3 is 1. The molecular formula is C27H24N4O3S. The van der Waals surface area contributed by atoms with Crippen LogP contribution >= 0.6 is 11.3 Å². The molecule has 7 nitrogen and oxygen atoms in total. The number of thiazole rings is 1. The Hall–Kier alpha value is -4.04. The zero-order valence-electron chi connectivity index (χ0n) is 19.4. The van der Waals surface area contributed by atoms with E-state index in [-0.39, 0.29) is 18.2 Å². The van der Waals surface area contributed by atoms with E-state index in [0.29, 0.717) is 23.7 Å². The van der Waals surface area contributed by atoms with Crippen molar-refractivity contribution in [3.8, 4) is 27.6 Å². The quantitative estimate of drug-likeness (QED) is 0.408. The standard InChI is InChI=1S/C27H24N4O3S/c1-17-8-9-24(34-2)23(11-17)31-15-20(13-25(31)32)26(33)29-21-7-3-5-18(12-21)22-16-35-27(30-22)19-6-4-10-28-14-19/h3-12,14,16,20H,13,15H2,1-2H3,(H,29,33). The molecule has 35 heavy (non-hydrogen) atoms. The number of benzene rings is 2. The van der Waals surface area contributed by atoms with Crippen LogP contribution in [0.5, 0.6) is 5.75 Å². The summed E-state index contributed by atoms with van der Waals surface area (Å²) in [5, 5.41) is 5.86. The van der Waals surface area contributed by atoms with Crippen molar-refractivity contribution in [3.05, 3.63) is 77.9 Å². The lowest BCUT2D eigenvalue weighted by molar-refractivity contribution is -0.122. The number of nitrogens with zero attached hydrogens (tertiary/aromatic N) is 3. The van der Waals surface area contributed by atoms with Crippen molar-refractivity contribution in [3.63, 3.8) is 0 Å². The largest absolute Gasteiger partial charge is 0.495 e. The van der Waals surface area contributed by atoms with E-state index >= 15 is 0 Å². The SMILES string of the molecule is COc1ccc(C)cc1N1CC(C(=O)Nc2cccc(-c3csc(-c4cccnc4)n3)c2)CC1=O. The number of aryl methyl sites for hydroxylation is 1. The number of carbonyl (C=O) groups is 2. The number of rotatable bonds is 6. The Morgan fingerprint density at radius 2 is 2.00 bits per heavy atom. The Morgan fingerprint density at radius 1 is 1.14 bits per heavy atom. The highest BCUT2D eigenvalue weighted by atomic mass is 32.1. The zero-order chi connectivity index (χ0) is 24.4. The Kier molecular flexibility index (Phi) is 6.29. The van der Waals surface area contributed by atoms with E-state index in [1.807, 2.05) is 66.9 Å². The highest BCUT2D eigenvalue weighted by Gasteiger charge is 2.36. The van der Waals surface area contributed by atoms with Gasteiger partial charge in [-0.1, -0.05) is 18.2 Å². The van der Waals surface area contributed by atoms with Crippen molar-refractivity contribution in [1.29, 1.82) is 0 Å². The first-order valence-corrected chi connectivity index (χ1v) is 12.1. The van der Waals surface area contributed by atoms with Gasteiger partial charge >= 0.3 is 0 Å². The second-order valence-electron chi connectivity index (χ2n) is 8.43. The average molecular weight is 485 g/mol. The first-order chi connectivity index (χ1) is 17.0. The maximum Gasteiger partial charge on any atom is 0.229 e. The number of hydrogen-bond acceptors (Lipinski definition) is 6. The van der Waals surface area contributed by atoms with Crippen LogP contribution in [0.2, 0.25) is 0 Å². The van der Waals surface area contributed by atoms with Gasteiger partial charge in [-0.05, 0) is 48.9 Å². The van der Waals surface area contributed by atoms with E-state index in [9.17, 15) is 9.59 Å². The zero-order valence-corrected chi connectivity index (χ0v) is 20.2. The fraction of sp³-hybridized carbons (Fsp3) is 0.185. The summed E-state index contributed by atoms with van der Waals surface area (Å²) in [4.78, 5) is 36.3. The molecule has 8 heteroatoms. The van der Waals surface area contributed by atoms with Crippen LogP contribution in [0.4, 0.5) is 11.4 Å². The molecule has 176 valence electrons. The molecule has 2 amide bonds. The molecule has 2 aromatic carbocycles. The van der Waals surface area contributed by atoms with Crippen LogP contribution in [0.25, 0.3) is 21.8 Å². The van der Waals surface area contributed by atoms with Gasteiger partial charge in [-0.25, -0.2) is 4.98 Å². The molecule has 1 N–H and O–H groups in total. The third-order valence-electron chi connectivity index (χ3n) is 5.96. The summed E-state index contributed by atoms with van der Waals surface area (Å²) >= 11 is 1.55. The predicted molar refractivity (Wildman–Crippen MR) is 138 cm³/mol. The van der Waals surface area contributed by atoms with Crippen LogP contribution < -0.4 is 15.0 Å². The molecule has 1 atom stereocenters. The van der Waals surface area contributed by atoms with Crippen molar-refractivity contribution < 1.29 is 14.3 Å². The number of pyridine rings is 1. The minimum Gasteiger partial charge on any atom is -0.495 e. The van der Waals surface area contributed by atoms with Gasteiger partial charge in [0.15, 0.2) is 0 Å². The Labute approximate surface area is 207 Å². The second-order valence-corrected chi connectivity index (χ2v) is 9.29. The Bertz CT molecular complexity index is 1390. The maximum atomic E-state index is 13.1. The fourth-order valence-corrected chi connectivity index (χ4v) is 4.98. The number of amides is 2. The molecular weight excluding hydrogens is 460 g/mol. The van der Waals surface area contributed by atoms with Gasteiger partial charge < -0.3 is 15.0 Å². The number of anilines is 2. The van der Waals surface area contributed by atoms with Crippen LogP contribution in [0, 0.1) is 12.8 Å². The van der Waals surface area contributed by atoms with Gasteiger partial charge in [0.25, 0.3) is 0 Å². The summed E-state index contributed by atoms with van der Waals surface area (Å²) in [6.07, 6.45) is 3.68. The van der Waals surface area contributed by atoms with Crippen LogP contribution in [0.1, 0.15) is 12.0 Å². The van der Waals surface area contributed by atoms with E-state index in [4.69, 9.17) is 9.72 Å². The Balaban J connectivity index is 1.30. The third-order valence-corrected chi connectivity index (χ3v) is 6.85. The molecule has 0 saturated carbocycles. The summed E-state index contributed by atoms with van der Waals surface area (Å²) in [6.45, 7) is 2.27. The molecule has 1 unspecified atom stereocenters. The number of ether oxygens (including phenoxy) is 1. The van der Waals surface area contributed by atoms with E-state index in [1.165, 1.54) is 0 Å². The van der Waals surface area contributed by atoms with E-state index in [2.05, 4.69) is 10.3 Å². The summed E-state index contributed by atoms with van der Waals surface area (Å²) in [7, 11) is 1.58. The molecule has 3 heterocycles. The van der Waals surface area contributed by atoms with Crippen LogP contribution in [-0.2, 0) is 9.59 Å². The molecule has 5 rings (SSSR count). The highest BCUT2D eigenvalue weighted by molar-refractivity contribution is 7.13. The molecule has 0 bridgehead atoms. The van der Waals surface area contributed by atoms with Gasteiger partial charge in [0, 0.05) is 47.6 Å². The van der Waals surface area contributed by atoms with Crippen LogP contribution in [0.15, 0.2) is 72.4 Å². The summed E-state index contributed by atoms with van der Waals surface area (Å²) in [5.41, 5.74) is 5.09. The summed E-state index contributed by atoms with van der Waals surface area (Å²) in [6, 6.07) is 17.1. The van der Waals surface area contributed by atoms with Gasteiger partial charge in [-0.3, -0.25) is 14.6 Å². The Morgan fingerprint density at radius 3 is 2.80 bits per heavy atom.